The molecule has 4 heteroatoms. The van der Waals surface area contributed by atoms with Crippen LogP contribution < -0.4 is 5.32 Å². The molecule has 2 rings (SSSR count). The topological polar surface area (TPSA) is 41.6 Å². The quantitative estimate of drug-likeness (QED) is 0.649. The van der Waals surface area contributed by atoms with Gasteiger partial charge in [-0.25, -0.2) is 0 Å². The zero-order chi connectivity index (χ0) is 9.97. The largest absolute Gasteiger partial charge is 0.368 e. The highest BCUT2D eigenvalue weighted by Gasteiger charge is 2.32. The molecule has 14 heavy (non-hydrogen) atoms. The maximum absolute atomic E-state index is 12.0. The van der Waals surface area contributed by atoms with Gasteiger partial charge in [0.05, 0.1) is 6.61 Å². The fourth-order valence-electron chi connectivity index (χ4n) is 2.18. The minimum absolute atomic E-state index is 0.194. The molecule has 0 spiro atoms. The first-order valence-electron chi connectivity index (χ1n) is 5.32. The summed E-state index contributed by atoms with van der Waals surface area (Å²) in [4.78, 5) is 14.2. The minimum atomic E-state index is -0.194. The van der Waals surface area contributed by atoms with Crippen LogP contribution in [0.5, 0.6) is 0 Å². The highest BCUT2D eigenvalue weighted by atomic mass is 16.5. The predicted octanol–water partition coefficient (Wildman–Crippen LogP) is -0.504. The third-order valence-corrected chi connectivity index (χ3v) is 3.04. The number of rotatable bonds is 2. The molecular formula is C10H18N2O2. The number of nitrogens with zero attached hydrogens (tertiary/aromatic N) is 1. The molecule has 0 aromatic rings. The molecule has 0 amide bonds. The van der Waals surface area contributed by atoms with E-state index in [0.29, 0.717) is 18.9 Å². The molecule has 2 fully saturated rings. The van der Waals surface area contributed by atoms with Crippen molar-refractivity contribution in [2.75, 3.05) is 39.8 Å². The smallest absolute Gasteiger partial charge is 0.167 e. The van der Waals surface area contributed by atoms with Gasteiger partial charge in [-0.15, -0.1) is 0 Å². The predicted molar refractivity (Wildman–Crippen MR) is 53.2 cm³/mol. The number of ether oxygens (including phenoxy) is 1. The molecule has 0 radical (unpaired) electrons. The number of carbonyl (C=O) groups is 1. The molecule has 80 valence electrons. The molecule has 0 aromatic carbocycles. The van der Waals surface area contributed by atoms with E-state index in [2.05, 4.69) is 17.3 Å². The third-order valence-electron chi connectivity index (χ3n) is 3.04. The van der Waals surface area contributed by atoms with Gasteiger partial charge in [0.1, 0.15) is 6.10 Å². The number of nitrogens with one attached hydrogen (secondary N) is 1. The van der Waals surface area contributed by atoms with E-state index in [1.807, 2.05) is 0 Å². The number of hydrogen-bond donors (Lipinski definition) is 1. The Balaban J connectivity index is 1.87. The van der Waals surface area contributed by atoms with Gasteiger partial charge in [0.2, 0.25) is 0 Å². The standard InChI is InChI=1S/C10H18N2O2/c1-12-4-2-8(7-12)10(13)9-6-11-3-5-14-9/h8-9,11H,2-7H2,1H3. The number of likely N-dealkylation sites (tertiary alicyclic amines) is 1. The van der Waals surface area contributed by atoms with Crippen LogP contribution in [0, 0.1) is 5.92 Å². The van der Waals surface area contributed by atoms with Crippen molar-refractivity contribution in [1.82, 2.24) is 10.2 Å². The molecular weight excluding hydrogens is 180 g/mol. The van der Waals surface area contributed by atoms with Crippen LogP contribution in [0.1, 0.15) is 6.42 Å². The number of Topliss-reactive ketones (excluding diaryl/α,β-unsaturated/α-hetero) is 1. The Labute approximate surface area is 84.6 Å². The van der Waals surface area contributed by atoms with Gasteiger partial charge < -0.3 is 15.0 Å². The Morgan fingerprint density at radius 2 is 2.43 bits per heavy atom. The van der Waals surface area contributed by atoms with Crippen molar-refractivity contribution in [1.29, 1.82) is 0 Å². The second kappa shape index (κ2) is 4.38. The molecule has 0 saturated carbocycles. The van der Waals surface area contributed by atoms with Crippen molar-refractivity contribution >= 4 is 5.78 Å². The number of carbonyl (C=O) groups excluding carboxylic acids is 1. The van der Waals surface area contributed by atoms with Gasteiger partial charge >= 0.3 is 0 Å². The average molecular weight is 198 g/mol. The second-order valence-electron chi connectivity index (χ2n) is 4.21. The van der Waals surface area contributed by atoms with E-state index >= 15 is 0 Å². The molecule has 2 saturated heterocycles. The summed E-state index contributed by atoms with van der Waals surface area (Å²) in [6.07, 6.45) is 0.801. The van der Waals surface area contributed by atoms with Gasteiger partial charge in [0.15, 0.2) is 5.78 Å². The summed E-state index contributed by atoms with van der Waals surface area (Å²) in [5, 5.41) is 3.19. The monoisotopic (exact) mass is 198 g/mol. The lowest BCUT2D eigenvalue weighted by Gasteiger charge is -2.24. The van der Waals surface area contributed by atoms with Gasteiger partial charge in [0.25, 0.3) is 0 Å². The van der Waals surface area contributed by atoms with E-state index in [0.717, 1.165) is 26.1 Å². The third kappa shape index (κ3) is 2.13. The molecule has 2 heterocycles. The molecule has 2 aliphatic heterocycles. The Morgan fingerprint density at radius 3 is 3.00 bits per heavy atom. The zero-order valence-electron chi connectivity index (χ0n) is 8.66. The Kier molecular flexibility index (Phi) is 3.15. The number of ketones is 1. The fourth-order valence-corrected chi connectivity index (χ4v) is 2.18. The van der Waals surface area contributed by atoms with Crippen LogP contribution in [0.2, 0.25) is 0 Å². The van der Waals surface area contributed by atoms with Crippen LogP contribution in [-0.4, -0.2) is 56.6 Å². The molecule has 2 atom stereocenters. The summed E-state index contributed by atoms with van der Waals surface area (Å²) in [5.74, 6) is 0.492. The Bertz CT molecular complexity index is 207. The van der Waals surface area contributed by atoms with E-state index < -0.39 is 0 Å². The second-order valence-corrected chi connectivity index (χ2v) is 4.21. The average Bonchev–Trinajstić information content (AvgIpc) is 2.65. The van der Waals surface area contributed by atoms with E-state index in [-0.39, 0.29) is 12.0 Å². The highest BCUT2D eigenvalue weighted by Crippen LogP contribution is 2.18. The van der Waals surface area contributed by atoms with E-state index in [1.54, 1.807) is 0 Å². The van der Waals surface area contributed by atoms with E-state index in [9.17, 15) is 4.79 Å². The first-order chi connectivity index (χ1) is 6.77. The van der Waals surface area contributed by atoms with Crippen molar-refractivity contribution in [3.8, 4) is 0 Å². The maximum atomic E-state index is 12.0. The number of hydrogen-bond acceptors (Lipinski definition) is 4. The van der Waals surface area contributed by atoms with Crippen molar-refractivity contribution in [3.05, 3.63) is 0 Å². The van der Waals surface area contributed by atoms with Crippen molar-refractivity contribution in [3.63, 3.8) is 0 Å². The maximum Gasteiger partial charge on any atom is 0.167 e. The van der Waals surface area contributed by atoms with E-state index in [4.69, 9.17) is 4.74 Å². The lowest BCUT2D eigenvalue weighted by Crippen LogP contribution is -2.45. The number of morpholine rings is 1. The summed E-state index contributed by atoms with van der Waals surface area (Å²) in [5.41, 5.74) is 0. The molecule has 2 aliphatic rings. The van der Waals surface area contributed by atoms with Crippen LogP contribution in [0.15, 0.2) is 0 Å². The van der Waals surface area contributed by atoms with E-state index in [1.165, 1.54) is 0 Å². The molecule has 1 N–H and O–H groups in total. The Morgan fingerprint density at radius 1 is 1.57 bits per heavy atom. The van der Waals surface area contributed by atoms with Gasteiger partial charge in [-0.05, 0) is 20.0 Å². The first-order valence-corrected chi connectivity index (χ1v) is 5.32. The van der Waals surface area contributed by atoms with Gasteiger partial charge in [-0.2, -0.15) is 0 Å². The lowest BCUT2D eigenvalue weighted by atomic mass is 9.98. The summed E-state index contributed by atoms with van der Waals surface area (Å²) >= 11 is 0. The lowest BCUT2D eigenvalue weighted by molar-refractivity contribution is -0.135. The van der Waals surface area contributed by atoms with Gasteiger partial charge in [-0.1, -0.05) is 0 Å². The Hall–Kier alpha value is -0.450. The van der Waals surface area contributed by atoms with Crippen LogP contribution in [0.4, 0.5) is 0 Å². The van der Waals surface area contributed by atoms with Crippen LogP contribution >= 0.6 is 0 Å². The molecule has 0 bridgehead atoms. The normalized spacial score (nSPS) is 34.6. The first kappa shape index (κ1) is 10.1. The van der Waals surface area contributed by atoms with Gasteiger partial charge in [-0.3, -0.25) is 4.79 Å². The van der Waals surface area contributed by atoms with Gasteiger partial charge in [0, 0.05) is 25.6 Å². The van der Waals surface area contributed by atoms with Crippen molar-refractivity contribution < 1.29 is 9.53 Å². The van der Waals surface area contributed by atoms with Crippen molar-refractivity contribution in [2.45, 2.75) is 12.5 Å². The van der Waals surface area contributed by atoms with Crippen LogP contribution in [-0.2, 0) is 9.53 Å². The SMILES string of the molecule is CN1CCC(C(=O)C2CNCCO2)C1. The molecule has 0 aromatic heterocycles. The summed E-state index contributed by atoms with van der Waals surface area (Å²) in [6, 6.07) is 0. The molecule has 2 unspecified atom stereocenters. The van der Waals surface area contributed by atoms with Crippen molar-refractivity contribution in [2.24, 2.45) is 5.92 Å². The highest BCUT2D eigenvalue weighted by molar-refractivity contribution is 5.86. The summed E-state index contributed by atoms with van der Waals surface area (Å²) in [6.45, 7) is 4.17. The zero-order valence-corrected chi connectivity index (χ0v) is 8.66. The van der Waals surface area contributed by atoms with Crippen LogP contribution in [0.3, 0.4) is 0 Å². The van der Waals surface area contributed by atoms with Crippen LogP contribution in [0.25, 0.3) is 0 Å². The molecule has 4 nitrogen and oxygen atoms in total. The summed E-state index contributed by atoms with van der Waals surface area (Å²) < 4.78 is 5.46. The minimum Gasteiger partial charge on any atom is -0.368 e. The molecule has 0 aliphatic carbocycles. The fraction of sp³-hybridized carbons (Fsp3) is 0.900. The summed E-state index contributed by atoms with van der Waals surface area (Å²) in [7, 11) is 2.06.